The fourth-order valence-corrected chi connectivity index (χ4v) is 4.94. The summed E-state index contributed by atoms with van der Waals surface area (Å²) < 4.78 is 2.65. The summed E-state index contributed by atoms with van der Waals surface area (Å²) in [6, 6.07) is 11.8. The van der Waals surface area contributed by atoms with Crippen molar-refractivity contribution in [3.8, 4) is 0 Å². The highest BCUT2D eigenvalue weighted by molar-refractivity contribution is 9.10. The average Bonchev–Trinajstić information content (AvgIpc) is 3.22. The second kappa shape index (κ2) is 6.89. The molecule has 11 heteroatoms. The number of nitrogens with zero attached hydrogens (tertiary/aromatic N) is 4. The van der Waals surface area contributed by atoms with Gasteiger partial charge < -0.3 is 10.2 Å². The normalized spacial score (nSPS) is 16.6. The number of hydrogen-bond acceptors (Lipinski definition) is 7. The number of nitrogens with one attached hydrogen (secondary N) is 1. The van der Waals surface area contributed by atoms with Gasteiger partial charge in [-0.05, 0) is 24.3 Å². The third-order valence-corrected chi connectivity index (χ3v) is 6.52. The van der Waals surface area contributed by atoms with E-state index in [1.165, 1.54) is 22.8 Å². The molecule has 9 nitrogen and oxygen atoms in total. The van der Waals surface area contributed by atoms with Crippen molar-refractivity contribution < 1.29 is 9.72 Å². The van der Waals surface area contributed by atoms with Crippen LogP contribution in [0, 0.1) is 10.1 Å². The molecule has 0 fully saturated rings. The third kappa shape index (κ3) is 2.94. The summed E-state index contributed by atoms with van der Waals surface area (Å²) in [5, 5.41) is 13.8. The van der Waals surface area contributed by atoms with Crippen molar-refractivity contribution in [2.75, 3.05) is 16.9 Å². The molecule has 3 heterocycles. The number of amides is 1. The number of benzene rings is 2. The standard InChI is InChI=1S/C19H12BrN5O4S/c20-10-2-1-3-11(6-10)23-8-21-19-24(9-23)18(27)16(30-19)15-13-7-12(25(28)29)4-5-14(13)22-17(15)26/h1-7H,8-9H2,(H,22,26)/b16-15-. The maximum Gasteiger partial charge on any atom is 0.272 e. The zero-order valence-corrected chi connectivity index (χ0v) is 17.6. The summed E-state index contributed by atoms with van der Waals surface area (Å²) in [6.45, 7) is 0.667. The topological polar surface area (TPSA) is 110 Å². The molecule has 0 bridgehead atoms. The van der Waals surface area contributed by atoms with Crippen LogP contribution in [0.1, 0.15) is 5.56 Å². The van der Waals surface area contributed by atoms with Crippen LogP contribution >= 0.6 is 27.3 Å². The Hall–Kier alpha value is -3.31. The molecule has 1 amide bonds. The van der Waals surface area contributed by atoms with Gasteiger partial charge in [0.15, 0.2) is 4.80 Å². The Labute approximate surface area is 180 Å². The first-order valence-corrected chi connectivity index (χ1v) is 10.4. The van der Waals surface area contributed by atoms with E-state index in [0.717, 1.165) is 21.5 Å². The number of rotatable bonds is 2. The fraction of sp³-hybridized carbons (Fsp3) is 0.105. The van der Waals surface area contributed by atoms with Crippen LogP contribution in [-0.2, 0) is 11.5 Å². The lowest BCUT2D eigenvalue weighted by molar-refractivity contribution is -0.384. The van der Waals surface area contributed by atoms with E-state index in [2.05, 4.69) is 26.2 Å². The number of fused-ring (bicyclic) bond motifs is 2. The molecular formula is C19H12BrN5O4S. The van der Waals surface area contributed by atoms with E-state index in [0.29, 0.717) is 29.4 Å². The van der Waals surface area contributed by atoms with Gasteiger partial charge in [0, 0.05) is 33.5 Å². The van der Waals surface area contributed by atoms with Gasteiger partial charge in [0.2, 0.25) is 0 Å². The Bertz CT molecular complexity index is 1430. The monoisotopic (exact) mass is 485 g/mol. The predicted molar refractivity (Wildman–Crippen MR) is 115 cm³/mol. The third-order valence-electron chi connectivity index (χ3n) is 4.91. The van der Waals surface area contributed by atoms with Gasteiger partial charge in [0.1, 0.15) is 17.9 Å². The number of nitro groups is 1. The number of carbonyl (C=O) groups is 1. The zero-order valence-electron chi connectivity index (χ0n) is 15.2. The van der Waals surface area contributed by atoms with Crippen molar-refractivity contribution in [2.45, 2.75) is 6.67 Å². The molecule has 1 N–H and O–H groups in total. The first-order valence-electron chi connectivity index (χ1n) is 8.81. The molecule has 0 atom stereocenters. The minimum atomic E-state index is -0.530. The van der Waals surface area contributed by atoms with Crippen LogP contribution in [0.25, 0.3) is 5.57 Å². The molecule has 0 radical (unpaired) electrons. The first-order chi connectivity index (χ1) is 14.4. The number of aromatic nitrogens is 1. The highest BCUT2D eigenvalue weighted by Crippen LogP contribution is 2.33. The smallest absolute Gasteiger partial charge is 0.272 e. The van der Waals surface area contributed by atoms with Crippen LogP contribution < -0.4 is 25.1 Å². The van der Waals surface area contributed by atoms with Crippen molar-refractivity contribution in [3.05, 3.63) is 82.3 Å². The highest BCUT2D eigenvalue weighted by atomic mass is 79.9. The Morgan fingerprint density at radius 3 is 2.80 bits per heavy atom. The Kier molecular flexibility index (Phi) is 4.29. The largest absolute Gasteiger partial charge is 0.334 e. The molecule has 0 aliphatic carbocycles. The summed E-state index contributed by atoms with van der Waals surface area (Å²) in [5.41, 5.74) is 1.37. The van der Waals surface area contributed by atoms with Crippen molar-refractivity contribution >= 4 is 55.8 Å². The van der Waals surface area contributed by atoms with E-state index in [1.807, 2.05) is 29.2 Å². The molecule has 5 rings (SSSR count). The molecule has 0 saturated carbocycles. The van der Waals surface area contributed by atoms with E-state index in [-0.39, 0.29) is 21.4 Å². The molecule has 3 aromatic rings. The second-order valence-corrected chi connectivity index (χ2v) is 8.62. The summed E-state index contributed by atoms with van der Waals surface area (Å²) in [5.74, 6) is -0.453. The van der Waals surface area contributed by atoms with E-state index in [9.17, 15) is 19.7 Å². The number of halogens is 1. The van der Waals surface area contributed by atoms with Gasteiger partial charge in [-0.25, -0.2) is 4.99 Å². The van der Waals surface area contributed by atoms with Crippen LogP contribution in [0.5, 0.6) is 0 Å². The molecule has 0 unspecified atom stereocenters. The van der Waals surface area contributed by atoms with E-state index >= 15 is 0 Å². The van der Waals surface area contributed by atoms with Crippen molar-refractivity contribution in [1.82, 2.24) is 4.57 Å². The minimum absolute atomic E-state index is 0.144. The van der Waals surface area contributed by atoms with Crippen LogP contribution in [0.15, 0.2) is 56.7 Å². The van der Waals surface area contributed by atoms with Gasteiger partial charge in [-0.3, -0.25) is 24.3 Å². The maximum atomic E-state index is 13.2. The van der Waals surface area contributed by atoms with E-state index < -0.39 is 10.8 Å². The van der Waals surface area contributed by atoms with Gasteiger partial charge in [-0.1, -0.05) is 33.3 Å². The van der Waals surface area contributed by atoms with Crippen molar-refractivity contribution in [3.63, 3.8) is 0 Å². The van der Waals surface area contributed by atoms with E-state index in [4.69, 9.17) is 0 Å². The summed E-state index contributed by atoms with van der Waals surface area (Å²) >= 11 is 4.56. The number of non-ortho nitro benzene ring substituents is 1. The van der Waals surface area contributed by atoms with Gasteiger partial charge in [0.25, 0.3) is 17.2 Å². The molecule has 2 aliphatic heterocycles. The summed E-state index contributed by atoms with van der Waals surface area (Å²) in [7, 11) is 0. The number of hydrogen-bond donors (Lipinski definition) is 1. The fourth-order valence-electron chi connectivity index (χ4n) is 3.49. The average molecular weight is 486 g/mol. The number of nitro benzene ring substituents is 1. The van der Waals surface area contributed by atoms with Crippen LogP contribution in [0.3, 0.4) is 0 Å². The van der Waals surface area contributed by atoms with Crippen LogP contribution in [-0.4, -0.2) is 22.1 Å². The molecular weight excluding hydrogens is 474 g/mol. The zero-order chi connectivity index (χ0) is 21.0. The van der Waals surface area contributed by atoms with Gasteiger partial charge in [0.05, 0.1) is 10.5 Å². The second-order valence-electron chi connectivity index (χ2n) is 6.72. The first kappa shape index (κ1) is 18.7. The molecule has 30 heavy (non-hydrogen) atoms. The van der Waals surface area contributed by atoms with Gasteiger partial charge >= 0.3 is 0 Å². The van der Waals surface area contributed by atoms with Crippen LogP contribution in [0.2, 0.25) is 0 Å². The molecule has 150 valence electrons. The molecule has 0 saturated heterocycles. The summed E-state index contributed by atoms with van der Waals surface area (Å²) in [4.78, 5) is 43.3. The quantitative estimate of drug-likeness (QED) is 0.439. The predicted octanol–water partition coefficient (Wildman–Crippen LogP) is 1.79. The van der Waals surface area contributed by atoms with E-state index in [1.54, 1.807) is 0 Å². The van der Waals surface area contributed by atoms with Gasteiger partial charge in [-0.15, -0.1) is 0 Å². The Balaban J connectivity index is 1.66. The Morgan fingerprint density at radius 2 is 2.03 bits per heavy atom. The van der Waals surface area contributed by atoms with Crippen LogP contribution in [0.4, 0.5) is 17.1 Å². The van der Waals surface area contributed by atoms with Crippen molar-refractivity contribution in [2.24, 2.45) is 4.99 Å². The SMILES string of the molecule is O=C1Nc2ccc([N+](=O)[O-])cc2/C1=c1/sc2n(c1=O)CN(c1cccc(Br)c1)CN=2. The Morgan fingerprint density at radius 1 is 1.20 bits per heavy atom. The lowest BCUT2D eigenvalue weighted by Crippen LogP contribution is -2.43. The van der Waals surface area contributed by atoms with Crippen molar-refractivity contribution in [1.29, 1.82) is 0 Å². The van der Waals surface area contributed by atoms with Gasteiger partial charge in [-0.2, -0.15) is 0 Å². The molecule has 2 aromatic carbocycles. The minimum Gasteiger partial charge on any atom is -0.334 e. The molecule has 1 aromatic heterocycles. The molecule has 0 spiro atoms. The lowest BCUT2D eigenvalue weighted by Gasteiger charge is -2.25. The molecule has 2 aliphatic rings. The number of thiazole rings is 1. The number of carbonyl (C=O) groups excluding carboxylic acids is 1. The number of anilines is 2. The lowest BCUT2D eigenvalue weighted by atomic mass is 10.1. The summed E-state index contributed by atoms with van der Waals surface area (Å²) in [6.07, 6.45) is 0. The highest BCUT2D eigenvalue weighted by Gasteiger charge is 2.29. The maximum absolute atomic E-state index is 13.2.